The standard InChI is InChI=1S/C30H45N3O6/c1-4-7-9-18-31-27(36)25-30-17-16-29(5-2,39-30)23(24(30)28(37)33(25)19-10-8-11-20-34)26(35)32-21-12-14-22(15-13-21)38-6-3/h12-15,23-25,34H,4-11,16-20H2,1-3H3,(H,31,36)(H,32,35)/t23-,24+,25?,29+,30?/m1/s1. The molecule has 5 atom stereocenters. The van der Waals surface area contributed by atoms with Gasteiger partial charge >= 0.3 is 0 Å². The van der Waals surface area contributed by atoms with Gasteiger partial charge in [-0.05, 0) is 76.1 Å². The van der Waals surface area contributed by atoms with Crippen molar-refractivity contribution in [2.75, 3.05) is 31.6 Å². The quantitative estimate of drug-likeness (QED) is 0.291. The maximum Gasteiger partial charge on any atom is 0.245 e. The molecule has 4 rings (SSSR count). The number of unbranched alkanes of at least 4 members (excludes halogenated alkanes) is 4. The minimum absolute atomic E-state index is 0.0950. The second-order valence-electron chi connectivity index (χ2n) is 11.1. The number of benzene rings is 1. The number of likely N-dealkylation sites (tertiary alicyclic amines) is 1. The topological polar surface area (TPSA) is 117 Å². The van der Waals surface area contributed by atoms with Crippen LogP contribution in [-0.4, -0.2) is 71.3 Å². The number of fused-ring (bicyclic) bond motifs is 1. The van der Waals surface area contributed by atoms with E-state index in [4.69, 9.17) is 9.47 Å². The zero-order valence-electron chi connectivity index (χ0n) is 23.7. The highest BCUT2D eigenvalue weighted by Gasteiger charge is 2.78. The molecule has 0 aliphatic carbocycles. The third-order valence-corrected chi connectivity index (χ3v) is 8.78. The Labute approximate surface area is 232 Å². The van der Waals surface area contributed by atoms with Gasteiger partial charge in [-0.2, -0.15) is 0 Å². The number of ether oxygens (including phenoxy) is 2. The molecular formula is C30H45N3O6. The van der Waals surface area contributed by atoms with Crippen molar-refractivity contribution in [1.29, 1.82) is 0 Å². The van der Waals surface area contributed by atoms with Crippen molar-refractivity contribution in [3.8, 4) is 5.75 Å². The van der Waals surface area contributed by atoms with Crippen molar-refractivity contribution in [2.45, 2.75) is 95.8 Å². The van der Waals surface area contributed by atoms with Crippen molar-refractivity contribution >= 4 is 23.4 Å². The summed E-state index contributed by atoms with van der Waals surface area (Å²) in [4.78, 5) is 43.3. The Morgan fingerprint density at radius 2 is 1.82 bits per heavy atom. The van der Waals surface area contributed by atoms with Gasteiger partial charge in [0.2, 0.25) is 17.7 Å². The largest absolute Gasteiger partial charge is 0.494 e. The van der Waals surface area contributed by atoms with Gasteiger partial charge in [0.15, 0.2) is 0 Å². The van der Waals surface area contributed by atoms with Gasteiger partial charge in [-0.1, -0.05) is 26.7 Å². The first kappa shape index (κ1) is 29.3. The number of anilines is 1. The van der Waals surface area contributed by atoms with Gasteiger partial charge in [-0.3, -0.25) is 14.4 Å². The molecule has 3 saturated heterocycles. The molecule has 216 valence electrons. The molecule has 39 heavy (non-hydrogen) atoms. The third kappa shape index (κ3) is 5.53. The molecule has 3 aliphatic rings. The summed E-state index contributed by atoms with van der Waals surface area (Å²) < 4.78 is 12.3. The number of nitrogens with zero attached hydrogens (tertiary/aromatic N) is 1. The van der Waals surface area contributed by atoms with Gasteiger partial charge < -0.3 is 30.1 Å². The van der Waals surface area contributed by atoms with E-state index in [1.807, 2.05) is 13.8 Å². The van der Waals surface area contributed by atoms with E-state index in [0.717, 1.165) is 31.4 Å². The monoisotopic (exact) mass is 543 g/mol. The van der Waals surface area contributed by atoms with Crippen LogP contribution >= 0.6 is 0 Å². The molecule has 0 saturated carbocycles. The molecule has 3 fully saturated rings. The van der Waals surface area contributed by atoms with E-state index in [1.54, 1.807) is 29.2 Å². The first-order valence-corrected chi connectivity index (χ1v) is 14.8. The van der Waals surface area contributed by atoms with Crippen molar-refractivity contribution < 1.29 is 29.0 Å². The summed E-state index contributed by atoms with van der Waals surface area (Å²) in [6, 6.07) is 6.44. The SMILES string of the molecule is CCCCCNC(=O)C1N(CCCCCO)C(=O)[C@@H]2[C@H](C(=O)Nc3ccc(OCC)cc3)[C@]3(CC)CCC12O3. The molecule has 1 aromatic rings. The van der Waals surface area contributed by atoms with Gasteiger partial charge in [-0.25, -0.2) is 0 Å². The van der Waals surface area contributed by atoms with Crippen LogP contribution in [0.3, 0.4) is 0 Å². The van der Waals surface area contributed by atoms with E-state index < -0.39 is 29.1 Å². The second-order valence-corrected chi connectivity index (χ2v) is 11.1. The zero-order chi connectivity index (χ0) is 28.0. The van der Waals surface area contributed by atoms with Crippen LogP contribution in [0.15, 0.2) is 24.3 Å². The Bertz CT molecular complexity index is 1020. The molecule has 9 heteroatoms. The predicted molar refractivity (Wildman–Crippen MR) is 148 cm³/mol. The number of amides is 3. The first-order valence-electron chi connectivity index (χ1n) is 14.8. The third-order valence-electron chi connectivity index (χ3n) is 8.78. The molecule has 2 bridgehead atoms. The summed E-state index contributed by atoms with van der Waals surface area (Å²) in [5.74, 6) is -1.28. The number of hydrogen-bond donors (Lipinski definition) is 3. The lowest BCUT2D eigenvalue weighted by Crippen LogP contribution is -2.55. The summed E-state index contributed by atoms with van der Waals surface area (Å²) in [5.41, 5.74) is -1.16. The minimum Gasteiger partial charge on any atom is -0.494 e. The Hall–Kier alpha value is -2.65. The average Bonchev–Trinajstić information content (AvgIpc) is 3.54. The van der Waals surface area contributed by atoms with Gasteiger partial charge in [0.25, 0.3) is 0 Å². The molecule has 9 nitrogen and oxygen atoms in total. The van der Waals surface area contributed by atoms with Gasteiger partial charge in [0.1, 0.15) is 17.4 Å². The number of nitrogens with one attached hydrogen (secondary N) is 2. The number of aliphatic hydroxyl groups is 1. The molecular weight excluding hydrogens is 498 g/mol. The van der Waals surface area contributed by atoms with Crippen LogP contribution in [0.1, 0.15) is 78.6 Å². The zero-order valence-corrected chi connectivity index (χ0v) is 23.7. The van der Waals surface area contributed by atoms with Gasteiger partial charge in [0, 0.05) is 25.4 Å². The molecule has 1 spiro atoms. The molecule has 3 amide bonds. The summed E-state index contributed by atoms with van der Waals surface area (Å²) in [6.07, 6.45) is 6.81. The lowest BCUT2D eigenvalue weighted by Gasteiger charge is -2.34. The van der Waals surface area contributed by atoms with Crippen molar-refractivity contribution in [1.82, 2.24) is 10.2 Å². The number of carbonyl (C=O) groups is 3. The fourth-order valence-corrected chi connectivity index (χ4v) is 6.93. The average molecular weight is 544 g/mol. The van der Waals surface area contributed by atoms with Crippen LogP contribution < -0.4 is 15.4 Å². The van der Waals surface area contributed by atoms with Crippen LogP contribution in [0, 0.1) is 11.8 Å². The molecule has 0 radical (unpaired) electrons. The second kappa shape index (κ2) is 12.7. The van der Waals surface area contributed by atoms with Crippen LogP contribution in [0.4, 0.5) is 5.69 Å². The molecule has 1 aromatic carbocycles. The van der Waals surface area contributed by atoms with E-state index in [-0.39, 0.29) is 24.3 Å². The Morgan fingerprint density at radius 1 is 1.05 bits per heavy atom. The van der Waals surface area contributed by atoms with Gasteiger partial charge in [-0.15, -0.1) is 0 Å². The summed E-state index contributed by atoms with van der Waals surface area (Å²) in [5, 5.41) is 15.3. The maximum atomic E-state index is 14.1. The van der Waals surface area contributed by atoms with E-state index in [2.05, 4.69) is 17.6 Å². The maximum absolute atomic E-state index is 14.1. The fourth-order valence-electron chi connectivity index (χ4n) is 6.93. The van der Waals surface area contributed by atoms with Crippen molar-refractivity contribution in [2.24, 2.45) is 11.8 Å². The Balaban J connectivity index is 1.61. The summed E-state index contributed by atoms with van der Waals surface area (Å²) >= 11 is 0. The molecule has 2 unspecified atom stereocenters. The van der Waals surface area contributed by atoms with Crippen LogP contribution in [0.25, 0.3) is 0 Å². The number of carbonyl (C=O) groups excluding carboxylic acids is 3. The van der Waals surface area contributed by atoms with Gasteiger partial charge in [0.05, 0.1) is 24.0 Å². The minimum atomic E-state index is -1.01. The first-order chi connectivity index (χ1) is 18.9. The molecule has 3 N–H and O–H groups in total. The highest BCUT2D eigenvalue weighted by Crippen LogP contribution is 2.64. The smallest absolute Gasteiger partial charge is 0.245 e. The highest BCUT2D eigenvalue weighted by atomic mass is 16.5. The highest BCUT2D eigenvalue weighted by molar-refractivity contribution is 6.02. The molecule has 3 heterocycles. The van der Waals surface area contributed by atoms with Crippen LogP contribution in [0.2, 0.25) is 0 Å². The number of hydrogen-bond acceptors (Lipinski definition) is 6. The molecule has 3 aliphatic heterocycles. The fraction of sp³-hybridized carbons (Fsp3) is 0.700. The van der Waals surface area contributed by atoms with Crippen molar-refractivity contribution in [3.05, 3.63) is 24.3 Å². The normalized spacial score (nSPS) is 29.0. The van der Waals surface area contributed by atoms with Crippen LogP contribution in [0.5, 0.6) is 5.75 Å². The van der Waals surface area contributed by atoms with Crippen LogP contribution in [-0.2, 0) is 19.1 Å². The Morgan fingerprint density at radius 3 is 2.49 bits per heavy atom. The van der Waals surface area contributed by atoms with Crippen molar-refractivity contribution in [3.63, 3.8) is 0 Å². The Kier molecular flexibility index (Phi) is 9.54. The van der Waals surface area contributed by atoms with E-state index in [0.29, 0.717) is 57.5 Å². The summed E-state index contributed by atoms with van der Waals surface area (Å²) in [6.45, 7) is 7.63. The van der Waals surface area contributed by atoms with E-state index in [1.165, 1.54) is 0 Å². The predicted octanol–water partition coefficient (Wildman–Crippen LogP) is 3.65. The number of rotatable bonds is 15. The lowest BCUT2D eigenvalue weighted by atomic mass is 9.65. The van der Waals surface area contributed by atoms with E-state index >= 15 is 0 Å². The number of aliphatic hydroxyl groups excluding tert-OH is 1. The molecule has 0 aromatic heterocycles. The lowest BCUT2D eigenvalue weighted by molar-refractivity contribution is -0.146. The summed E-state index contributed by atoms with van der Waals surface area (Å²) in [7, 11) is 0. The van der Waals surface area contributed by atoms with E-state index in [9.17, 15) is 19.5 Å².